The average molecular weight is 292 g/mol. The fourth-order valence-electron chi connectivity index (χ4n) is 3.16. The van der Waals surface area contributed by atoms with Crippen molar-refractivity contribution in [2.24, 2.45) is 0 Å². The van der Waals surface area contributed by atoms with Crippen molar-refractivity contribution in [3.8, 4) is 0 Å². The third kappa shape index (κ3) is 2.24. The number of H-pyrrole nitrogens is 1. The van der Waals surface area contributed by atoms with Gasteiger partial charge in [-0.2, -0.15) is 0 Å². The zero-order chi connectivity index (χ0) is 14.4. The summed E-state index contributed by atoms with van der Waals surface area (Å²) in [5.74, 6) is 0.934. The van der Waals surface area contributed by atoms with E-state index in [1.165, 1.54) is 25.5 Å². The van der Waals surface area contributed by atoms with Gasteiger partial charge >= 0.3 is 0 Å². The van der Waals surface area contributed by atoms with Crippen LogP contribution in [0.25, 0.3) is 11.0 Å². The van der Waals surface area contributed by atoms with Gasteiger partial charge in [-0.05, 0) is 25.0 Å². The molecule has 0 amide bonds. The summed E-state index contributed by atoms with van der Waals surface area (Å²) in [6.07, 6.45) is 7.17. The summed E-state index contributed by atoms with van der Waals surface area (Å²) in [5.41, 5.74) is 1.44. The fraction of sp³-hybridized carbons (Fsp3) is 0.533. The second-order valence-corrected chi connectivity index (χ2v) is 8.12. The minimum atomic E-state index is -3.25. The Bertz CT molecular complexity index is 740. The Morgan fingerprint density at radius 2 is 1.90 bits per heavy atom. The molecular weight excluding hydrogens is 272 g/mol. The molecule has 5 heteroatoms. The molecule has 108 valence electrons. The monoisotopic (exact) mass is 292 g/mol. The quantitative estimate of drug-likeness (QED) is 0.924. The summed E-state index contributed by atoms with van der Waals surface area (Å²) in [5, 5.41) is 0. The van der Waals surface area contributed by atoms with Gasteiger partial charge in [0.1, 0.15) is 11.3 Å². The molecule has 1 saturated carbocycles. The first-order valence-corrected chi connectivity index (χ1v) is 8.99. The molecule has 3 rings (SSSR count). The molecule has 1 aromatic heterocycles. The number of aromatic nitrogens is 2. The smallest absolute Gasteiger partial charge is 0.177 e. The number of hydrogen-bond donors (Lipinski definition) is 1. The molecule has 0 unspecified atom stereocenters. The van der Waals surface area contributed by atoms with E-state index in [2.05, 4.69) is 16.9 Å². The molecule has 0 atom stereocenters. The molecule has 1 aliphatic carbocycles. The Labute approximate surface area is 119 Å². The predicted octanol–water partition coefficient (Wildman–Crippen LogP) is 3.19. The number of sulfone groups is 1. The highest BCUT2D eigenvalue weighted by atomic mass is 32.2. The summed E-state index contributed by atoms with van der Waals surface area (Å²) >= 11 is 0. The number of nitrogens with one attached hydrogen (secondary N) is 1. The Balaban J connectivity index is 2.16. The first-order valence-electron chi connectivity index (χ1n) is 7.09. The summed E-state index contributed by atoms with van der Waals surface area (Å²) in [4.78, 5) is 8.30. The number of rotatable bonds is 2. The van der Waals surface area contributed by atoms with Gasteiger partial charge in [0.15, 0.2) is 9.84 Å². The van der Waals surface area contributed by atoms with E-state index in [-0.39, 0.29) is 5.41 Å². The van der Waals surface area contributed by atoms with Crippen molar-refractivity contribution in [3.05, 3.63) is 24.0 Å². The van der Waals surface area contributed by atoms with Crippen LogP contribution in [-0.2, 0) is 15.3 Å². The number of imidazole rings is 1. The third-order valence-electron chi connectivity index (χ3n) is 4.40. The van der Waals surface area contributed by atoms with Crippen LogP contribution in [0.3, 0.4) is 0 Å². The van der Waals surface area contributed by atoms with Gasteiger partial charge in [0, 0.05) is 11.7 Å². The summed E-state index contributed by atoms with van der Waals surface area (Å²) < 4.78 is 23.7. The summed E-state index contributed by atoms with van der Waals surface area (Å²) in [6.45, 7) is 2.23. The van der Waals surface area contributed by atoms with Crippen molar-refractivity contribution in [1.29, 1.82) is 0 Å². The maximum Gasteiger partial charge on any atom is 0.177 e. The molecular formula is C15H20N2O2S. The lowest BCUT2D eigenvalue weighted by atomic mass is 9.75. The zero-order valence-corrected chi connectivity index (χ0v) is 12.8. The minimum absolute atomic E-state index is 0.0477. The largest absolute Gasteiger partial charge is 0.341 e. The molecule has 4 nitrogen and oxygen atoms in total. The fourth-order valence-corrected chi connectivity index (χ4v) is 3.99. The predicted molar refractivity (Wildman–Crippen MR) is 79.6 cm³/mol. The second-order valence-electron chi connectivity index (χ2n) is 6.13. The molecule has 1 aliphatic rings. The van der Waals surface area contributed by atoms with Crippen LogP contribution in [0, 0.1) is 0 Å². The topological polar surface area (TPSA) is 62.8 Å². The third-order valence-corrected chi connectivity index (χ3v) is 5.53. The Morgan fingerprint density at radius 1 is 1.20 bits per heavy atom. The van der Waals surface area contributed by atoms with Crippen LogP contribution in [-0.4, -0.2) is 24.6 Å². The van der Waals surface area contributed by atoms with Crippen molar-refractivity contribution >= 4 is 20.9 Å². The van der Waals surface area contributed by atoms with Gasteiger partial charge in [0.2, 0.25) is 0 Å². The van der Waals surface area contributed by atoms with Crippen LogP contribution in [0.1, 0.15) is 44.9 Å². The van der Waals surface area contributed by atoms with E-state index >= 15 is 0 Å². The van der Waals surface area contributed by atoms with Crippen molar-refractivity contribution < 1.29 is 8.42 Å². The average Bonchev–Trinajstić information content (AvgIpc) is 2.82. The number of hydrogen-bond acceptors (Lipinski definition) is 3. The Morgan fingerprint density at radius 3 is 2.55 bits per heavy atom. The molecule has 20 heavy (non-hydrogen) atoms. The van der Waals surface area contributed by atoms with Crippen molar-refractivity contribution in [2.45, 2.75) is 49.3 Å². The molecule has 0 radical (unpaired) electrons. The van der Waals surface area contributed by atoms with Crippen LogP contribution >= 0.6 is 0 Å². The van der Waals surface area contributed by atoms with Crippen LogP contribution in [0.5, 0.6) is 0 Å². The van der Waals surface area contributed by atoms with Gasteiger partial charge < -0.3 is 4.98 Å². The molecule has 1 N–H and O–H groups in total. The highest BCUT2D eigenvalue weighted by molar-refractivity contribution is 7.91. The molecule has 2 aromatic rings. The highest BCUT2D eigenvalue weighted by Crippen LogP contribution is 2.38. The molecule has 0 bridgehead atoms. The van der Waals surface area contributed by atoms with E-state index in [1.807, 2.05) is 6.07 Å². The van der Waals surface area contributed by atoms with Crippen LogP contribution in [0.4, 0.5) is 0 Å². The SMILES string of the molecule is CC1(c2nc3c(S(C)(=O)=O)cccc3[nH]2)CCCCC1. The van der Waals surface area contributed by atoms with Gasteiger partial charge in [-0.15, -0.1) is 0 Å². The van der Waals surface area contributed by atoms with E-state index in [0.29, 0.717) is 10.4 Å². The minimum Gasteiger partial charge on any atom is -0.341 e. The molecule has 1 heterocycles. The molecule has 0 aliphatic heterocycles. The molecule has 0 spiro atoms. The van der Waals surface area contributed by atoms with E-state index < -0.39 is 9.84 Å². The summed E-state index contributed by atoms with van der Waals surface area (Å²) in [6, 6.07) is 5.29. The van der Waals surface area contributed by atoms with E-state index in [9.17, 15) is 8.42 Å². The molecule has 1 aromatic carbocycles. The highest BCUT2D eigenvalue weighted by Gasteiger charge is 2.32. The first kappa shape index (κ1) is 13.6. The lowest BCUT2D eigenvalue weighted by Crippen LogP contribution is -2.26. The Kier molecular flexibility index (Phi) is 3.12. The number of fused-ring (bicyclic) bond motifs is 1. The van der Waals surface area contributed by atoms with E-state index in [0.717, 1.165) is 24.2 Å². The number of aromatic amines is 1. The number of benzene rings is 1. The Hall–Kier alpha value is -1.36. The molecule has 0 saturated heterocycles. The normalized spacial score (nSPS) is 19.3. The van der Waals surface area contributed by atoms with Gasteiger partial charge in [-0.3, -0.25) is 0 Å². The lowest BCUT2D eigenvalue weighted by molar-refractivity contribution is 0.306. The maximum atomic E-state index is 11.9. The van der Waals surface area contributed by atoms with Crippen LogP contribution in [0.2, 0.25) is 0 Å². The van der Waals surface area contributed by atoms with E-state index in [1.54, 1.807) is 12.1 Å². The van der Waals surface area contributed by atoms with Crippen molar-refractivity contribution in [1.82, 2.24) is 9.97 Å². The first-order chi connectivity index (χ1) is 9.40. The van der Waals surface area contributed by atoms with E-state index in [4.69, 9.17) is 0 Å². The van der Waals surface area contributed by atoms with Gasteiger partial charge in [0.05, 0.1) is 10.4 Å². The maximum absolute atomic E-state index is 11.9. The standard InChI is InChI=1S/C15H20N2O2S/c1-15(9-4-3-5-10-15)14-16-11-7-6-8-12(13(11)17-14)20(2,18)19/h6-8H,3-5,9-10H2,1-2H3,(H,16,17). The molecule has 1 fully saturated rings. The zero-order valence-electron chi connectivity index (χ0n) is 11.9. The van der Waals surface area contributed by atoms with Gasteiger partial charge in [-0.25, -0.2) is 13.4 Å². The van der Waals surface area contributed by atoms with Crippen molar-refractivity contribution in [3.63, 3.8) is 0 Å². The number of para-hydroxylation sites is 1. The lowest BCUT2D eigenvalue weighted by Gasteiger charge is -2.31. The summed E-state index contributed by atoms with van der Waals surface area (Å²) in [7, 11) is -3.25. The van der Waals surface area contributed by atoms with Crippen LogP contribution < -0.4 is 0 Å². The van der Waals surface area contributed by atoms with Gasteiger partial charge in [-0.1, -0.05) is 32.3 Å². The second kappa shape index (κ2) is 4.58. The van der Waals surface area contributed by atoms with Crippen LogP contribution in [0.15, 0.2) is 23.1 Å². The number of nitrogens with zero attached hydrogens (tertiary/aromatic N) is 1. The van der Waals surface area contributed by atoms with Crippen molar-refractivity contribution in [2.75, 3.05) is 6.26 Å². The van der Waals surface area contributed by atoms with Gasteiger partial charge in [0.25, 0.3) is 0 Å².